The monoisotopic (exact) mass is 350 g/mol. The van der Waals surface area contributed by atoms with Crippen molar-refractivity contribution in [2.24, 2.45) is 7.05 Å². The first kappa shape index (κ1) is 15.5. The summed E-state index contributed by atoms with van der Waals surface area (Å²) in [5.74, 6) is 0.679. The predicted molar refractivity (Wildman–Crippen MR) is 98.0 cm³/mol. The number of nitrogens with zero attached hydrogens (tertiary/aromatic N) is 4. The van der Waals surface area contributed by atoms with Crippen LogP contribution >= 0.6 is 11.3 Å². The molecule has 0 aliphatic heterocycles. The first-order valence-corrected chi connectivity index (χ1v) is 8.65. The largest absolute Gasteiger partial charge is 0.389 e. The Balaban J connectivity index is 1.74. The number of hydrogen-bond acceptors (Lipinski definition) is 5. The summed E-state index contributed by atoms with van der Waals surface area (Å²) in [6.07, 6.45) is 5.41. The molecule has 4 aromatic rings. The van der Waals surface area contributed by atoms with Crippen molar-refractivity contribution in [1.29, 1.82) is 0 Å². The normalized spacial score (nSPS) is 11.0. The van der Waals surface area contributed by atoms with Crippen molar-refractivity contribution in [3.05, 3.63) is 54.4 Å². The molecule has 0 fully saturated rings. The van der Waals surface area contributed by atoms with E-state index in [1.54, 1.807) is 33.0 Å². The van der Waals surface area contributed by atoms with Crippen LogP contribution in [0.2, 0.25) is 0 Å². The number of anilines is 2. The molecule has 0 saturated heterocycles. The Labute approximate surface area is 148 Å². The van der Waals surface area contributed by atoms with E-state index >= 15 is 0 Å². The van der Waals surface area contributed by atoms with E-state index < -0.39 is 0 Å². The number of carbonyl (C=O) groups is 1. The molecule has 0 aliphatic rings. The van der Waals surface area contributed by atoms with Crippen LogP contribution in [0.5, 0.6) is 0 Å². The van der Waals surface area contributed by atoms with E-state index in [4.69, 9.17) is 0 Å². The predicted octanol–water partition coefficient (Wildman–Crippen LogP) is 3.39. The molecule has 0 unspecified atom stereocenters. The molecule has 1 N–H and O–H groups in total. The van der Waals surface area contributed by atoms with Crippen molar-refractivity contribution < 1.29 is 9.36 Å². The van der Waals surface area contributed by atoms with E-state index in [1.807, 2.05) is 37.0 Å². The first-order valence-electron chi connectivity index (χ1n) is 7.77. The van der Waals surface area contributed by atoms with Gasteiger partial charge in [0.25, 0.3) is 0 Å². The van der Waals surface area contributed by atoms with Gasteiger partial charge in [-0.3, -0.25) is 9.67 Å². The number of benzene rings is 1. The standard InChI is InChI=1S/C18H16N5OS/c1-12(24)23-7-6-16-15(10-23)18(21-22(16)2)20-14-5-3-4-13(8-14)17-9-19-11-25-17/h3-11H,1-2H3,(H,20,21)/q+1. The van der Waals surface area contributed by atoms with Crippen LogP contribution < -0.4 is 9.88 Å². The Hall–Kier alpha value is -3.06. The molecule has 1 aromatic carbocycles. The van der Waals surface area contributed by atoms with Gasteiger partial charge in [0.1, 0.15) is 5.39 Å². The van der Waals surface area contributed by atoms with Gasteiger partial charge >= 0.3 is 5.91 Å². The highest BCUT2D eigenvalue weighted by molar-refractivity contribution is 7.13. The quantitative estimate of drug-likeness (QED) is 0.575. The minimum Gasteiger partial charge on any atom is -0.338 e. The van der Waals surface area contributed by atoms with Crippen molar-refractivity contribution in [2.45, 2.75) is 6.92 Å². The number of pyridine rings is 1. The van der Waals surface area contributed by atoms with E-state index in [9.17, 15) is 4.79 Å². The number of thiazole rings is 1. The minimum absolute atomic E-state index is 0.0381. The van der Waals surface area contributed by atoms with E-state index in [0.717, 1.165) is 32.8 Å². The lowest BCUT2D eigenvalue weighted by molar-refractivity contribution is -0.571. The van der Waals surface area contributed by atoms with Crippen LogP contribution in [0, 0.1) is 0 Å². The van der Waals surface area contributed by atoms with Crippen LogP contribution in [0.25, 0.3) is 21.3 Å². The van der Waals surface area contributed by atoms with Crippen LogP contribution in [-0.2, 0) is 7.05 Å². The molecule has 0 aliphatic carbocycles. The fourth-order valence-corrected chi connectivity index (χ4v) is 3.36. The average molecular weight is 350 g/mol. The fourth-order valence-electron chi connectivity index (χ4n) is 2.74. The molecule has 0 radical (unpaired) electrons. The fraction of sp³-hybridized carbons (Fsp3) is 0.111. The van der Waals surface area contributed by atoms with E-state index in [-0.39, 0.29) is 5.91 Å². The number of aromatic nitrogens is 4. The van der Waals surface area contributed by atoms with Gasteiger partial charge < -0.3 is 5.32 Å². The van der Waals surface area contributed by atoms with Crippen LogP contribution in [-0.4, -0.2) is 20.7 Å². The molecule has 3 aromatic heterocycles. The molecule has 0 atom stereocenters. The third-order valence-corrected chi connectivity index (χ3v) is 4.82. The van der Waals surface area contributed by atoms with Crippen LogP contribution in [0.15, 0.2) is 54.4 Å². The Morgan fingerprint density at radius 3 is 2.96 bits per heavy atom. The highest BCUT2D eigenvalue weighted by Crippen LogP contribution is 2.29. The van der Waals surface area contributed by atoms with Gasteiger partial charge in [-0.05, 0) is 17.7 Å². The van der Waals surface area contributed by atoms with Crippen molar-refractivity contribution in [3.63, 3.8) is 0 Å². The second-order valence-corrected chi connectivity index (χ2v) is 6.60. The molecule has 124 valence electrons. The lowest BCUT2D eigenvalue weighted by Gasteiger charge is -2.05. The lowest BCUT2D eigenvalue weighted by atomic mass is 10.2. The van der Waals surface area contributed by atoms with Crippen LogP contribution in [0.1, 0.15) is 11.7 Å². The van der Waals surface area contributed by atoms with Gasteiger partial charge in [-0.1, -0.05) is 12.1 Å². The summed E-state index contributed by atoms with van der Waals surface area (Å²) in [5, 5.41) is 8.80. The summed E-state index contributed by atoms with van der Waals surface area (Å²) in [6, 6.07) is 10.0. The molecular weight excluding hydrogens is 334 g/mol. The SMILES string of the molecule is CC(=O)[n+]1ccc2c(c1)c(Nc1cccc(-c3cncs3)c1)nn2C. The summed E-state index contributed by atoms with van der Waals surface area (Å²) in [4.78, 5) is 16.9. The zero-order chi connectivity index (χ0) is 17.4. The number of nitrogens with one attached hydrogen (secondary N) is 1. The highest BCUT2D eigenvalue weighted by Gasteiger charge is 2.16. The Kier molecular flexibility index (Phi) is 3.77. The van der Waals surface area contributed by atoms with Gasteiger partial charge in [-0.15, -0.1) is 15.9 Å². The molecular formula is C18H16N5OS+. The molecule has 0 spiro atoms. The number of hydrogen-bond donors (Lipinski definition) is 1. The third-order valence-electron chi connectivity index (χ3n) is 4.00. The first-order chi connectivity index (χ1) is 12.1. The van der Waals surface area contributed by atoms with E-state index in [2.05, 4.69) is 27.5 Å². The minimum atomic E-state index is -0.0381. The summed E-state index contributed by atoms with van der Waals surface area (Å²) < 4.78 is 3.36. The number of carbonyl (C=O) groups excluding carboxylic acids is 1. The van der Waals surface area contributed by atoms with Crippen molar-refractivity contribution >= 4 is 39.7 Å². The molecule has 0 bridgehead atoms. The maximum Gasteiger partial charge on any atom is 0.389 e. The average Bonchev–Trinajstić information content (AvgIpc) is 3.24. The Morgan fingerprint density at radius 2 is 2.20 bits per heavy atom. The summed E-state index contributed by atoms with van der Waals surface area (Å²) in [7, 11) is 1.89. The Bertz CT molecular complexity index is 1070. The molecule has 7 heteroatoms. The van der Waals surface area contributed by atoms with E-state index in [0.29, 0.717) is 0 Å². The molecule has 0 saturated carbocycles. The summed E-state index contributed by atoms with van der Waals surface area (Å²) in [5.41, 5.74) is 4.82. The van der Waals surface area contributed by atoms with Gasteiger partial charge in [-0.25, -0.2) is 4.79 Å². The van der Waals surface area contributed by atoms with Gasteiger partial charge in [0.2, 0.25) is 0 Å². The molecule has 0 amide bonds. The van der Waals surface area contributed by atoms with Crippen molar-refractivity contribution in [3.8, 4) is 10.4 Å². The third kappa shape index (κ3) is 2.89. The van der Waals surface area contributed by atoms with Crippen LogP contribution in [0.3, 0.4) is 0 Å². The molecule has 3 heterocycles. The van der Waals surface area contributed by atoms with Crippen molar-refractivity contribution in [2.75, 3.05) is 5.32 Å². The number of rotatable bonds is 3. The second kappa shape index (κ2) is 6.10. The zero-order valence-corrected chi connectivity index (χ0v) is 14.6. The molecule has 25 heavy (non-hydrogen) atoms. The maximum atomic E-state index is 11.7. The molecule has 4 rings (SSSR count). The topological polar surface area (TPSA) is 63.7 Å². The smallest absolute Gasteiger partial charge is 0.338 e. The number of fused-ring (bicyclic) bond motifs is 1. The van der Waals surface area contributed by atoms with Gasteiger partial charge in [-0.2, -0.15) is 5.10 Å². The van der Waals surface area contributed by atoms with Gasteiger partial charge in [0.15, 0.2) is 18.2 Å². The van der Waals surface area contributed by atoms with Crippen LogP contribution in [0.4, 0.5) is 11.5 Å². The Morgan fingerprint density at radius 1 is 1.32 bits per heavy atom. The van der Waals surface area contributed by atoms with Gasteiger partial charge in [0.05, 0.1) is 22.8 Å². The van der Waals surface area contributed by atoms with Gasteiger partial charge in [0, 0.05) is 25.0 Å². The maximum absolute atomic E-state index is 11.7. The number of aryl methyl sites for hydroxylation is 1. The van der Waals surface area contributed by atoms with E-state index in [1.165, 1.54) is 6.92 Å². The lowest BCUT2D eigenvalue weighted by Crippen LogP contribution is -2.39. The molecule has 6 nitrogen and oxygen atoms in total. The summed E-state index contributed by atoms with van der Waals surface area (Å²) in [6.45, 7) is 1.54. The zero-order valence-electron chi connectivity index (χ0n) is 13.8. The van der Waals surface area contributed by atoms with Crippen molar-refractivity contribution in [1.82, 2.24) is 14.8 Å². The second-order valence-electron chi connectivity index (χ2n) is 5.71. The highest BCUT2D eigenvalue weighted by atomic mass is 32.1. The summed E-state index contributed by atoms with van der Waals surface area (Å²) >= 11 is 1.60.